The fraction of sp³-hybridized carbons (Fsp3) is 0.529. The summed E-state index contributed by atoms with van der Waals surface area (Å²) < 4.78 is 0. The molecule has 22 heavy (non-hydrogen) atoms. The lowest BCUT2D eigenvalue weighted by Crippen LogP contribution is -2.29. The van der Waals surface area contributed by atoms with Crippen molar-refractivity contribution in [3.05, 3.63) is 29.8 Å². The minimum absolute atomic E-state index is 0.0104. The second-order valence-corrected chi connectivity index (χ2v) is 5.79. The maximum atomic E-state index is 11.7. The fourth-order valence-electron chi connectivity index (χ4n) is 1.91. The molecule has 0 spiro atoms. The standard InChI is InChI=1S/C17H26N2O3/c1-4-6-16(21)19-14-8-5-7-13(9-14)11-18-17(22)10-15(20)12(2)3/h5,7-9,12,15,20H,4,6,10-11H2,1-3H3,(H,18,22)(H,19,21). The number of rotatable bonds is 8. The van der Waals surface area contributed by atoms with Crippen LogP contribution in [0.2, 0.25) is 0 Å². The predicted molar refractivity (Wildman–Crippen MR) is 87.3 cm³/mol. The summed E-state index contributed by atoms with van der Waals surface area (Å²) in [5.74, 6) is -0.131. The molecule has 0 saturated carbocycles. The van der Waals surface area contributed by atoms with Gasteiger partial charge in [0.2, 0.25) is 11.8 Å². The van der Waals surface area contributed by atoms with Crippen LogP contribution in [0.1, 0.15) is 45.6 Å². The summed E-state index contributed by atoms with van der Waals surface area (Å²) >= 11 is 0. The fourth-order valence-corrected chi connectivity index (χ4v) is 1.91. The van der Waals surface area contributed by atoms with Gasteiger partial charge in [-0.05, 0) is 30.0 Å². The highest BCUT2D eigenvalue weighted by molar-refractivity contribution is 5.90. The lowest BCUT2D eigenvalue weighted by Gasteiger charge is -2.14. The maximum absolute atomic E-state index is 11.7. The zero-order valence-electron chi connectivity index (χ0n) is 13.6. The van der Waals surface area contributed by atoms with E-state index in [1.807, 2.05) is 45.0 Å². The second-order valence-electron chi connectivity index (χ2n) is 5.79. The molecule has 3 N–H and O–H groups in total. The first kappa shape index (κ1) is 18.2. The van der Waals surface area contributed by atoms with E-state index < -0.39 is 6.10 Å². The van der Waals surface area contributed by atoms with Crippen LogP contribution in [0, 0.1) is 5.92 Å². The lowest BCUT2D eigenvalue weighted by atomic mass is 10.0. The quantitative estimate of drug-likeness (QED) is 0.690. The summed E-state index contributed by atoms with van der Waals surface area (Å²) in [5.41, 5.74) is 1.63. The molecule has 0 aromatic heterocycles. The van der Waals surface area contributed by atoms with Gasteiger partial charge in [0.25, 0.3) is 0 Å². The number of hydrogen-bond acceptors (Lipinski definition) is 3. The topological polar surface area (TPSA) is 78.4 Å². The third-order valence-electron chi connectivity index (χ3n) is 3.34. The zero-order chi connectivity index (χ0) is 16.5. The van der Waals surface area contributed by atoms with E-state index in [0.29, 0.717) is 13.0 Å². The van der Waals surface area contributed by atoms with Gasteiger partial charge in [-0.25, -0.2) is 0 Å². The number of nitrogens with one attached hydrogen (secondary N) is 2. The van der Waals surface area contributed by atoms with Crippen LogP contribution in [0.25, 0.3) is 0 Å². The molecule has 5 heteroatoms. The van der Waals surface area contributed by atoms with E-state index in [-0.39, 0.29) is 24.2 Å². The van der Waals surface area contributed by atoms with Crippen LogP contribution in [0.3, 0.4) is 0 Å². The van der Waals surface area contributed by atoms with E-state index in [9.17, 15) is 14.7 Å². The van der Waals surface area contributed by atoms with Crippen molar-refractivity contribution in [3.8, 4) is 0 Å². The van der Waals surface area contributed by atoms with Crippen molar-refractivity contribution in [1.29, 1.82) is 0 Å². The highest BCUT2D eigenvalue weighted by atomic mass is 16.3. The molecular weight excluding hydrogens is 280 g/mol. The van der Waals surface area contributed by atoms with Gasteiger partial charge in [0.15, 0.2) is 0 Å². The van der Waals surface area contributed by atoms with Crippen molar-refractivity contribution in [3.63, 3.8) is 0 Å². The number of benzene rings is 1. The third-order valence-corrected chi connectivity index (χ3v) is 3.34. The number of aliphatic hydroxyl groups is 1. The van der Waals surface area contributed by atoms with E-state index in [4.69, 9.17) is 0 Å². The summed E-state index contributed by atoms with van der Waals surface area (Å²) in [6.45, 7) is 6.08. The van der Waals surface area contributed by atoms with Gasteiger partial charge in [0.05, 0.1) is 12.5 Å². The van der Waals surface area contributed by atoms with Crippen molar-refractivity contribution < 1.29 is 14.7 Å². The molecule has 0 radical (unpaired) electrons. The van der Waals surface area contributed by atoms with Gasteiger partial charge >= 0.3 is 0 Å². The van der Waals surface area contributed by atoms with E-state index in [1.165, 1.54) is 0 Å². The molecule has 1 aromatic carbocycles. The third kappa shape index (κ3) is 6.72. The number of hydrogen-bond donors (Lipinski definition) is 3. The van der Waals surface area contributed by atoms with Crippen molar-refractivity contribution in [2.75, 3.05) is 5.32 Å². The van der Waals surface area contributed by atoms with Gasteiger partial charge in [0, 0.05) is 18.7 Å². The Labute approximate surface area is 132 Å². The number of carbonyl (C=O) groups is 2. The normalized spacial score (nSPS) is 12.0. The van der Waals surface area contributed by atoms with E-state index in [1.54, 1.807) is 0 Å². The Bertz CT molecular complexity index is 500. The van der Waals surface area contributed by atoms with Crippen molar-refractivity contribution in [1.82, 2.24) is 5.32 Å². The molecule has 0 heterocycles. The number of aliphatic hydroxyl groups excluding tert-OH is 1. The summed E-state index contributed by atoms with van der Waals surface area (Å²) in [4.78, 5) is 23.3. The van der Waals surface area contributed by atoms with E-state index in [0.717, 1.165) is 17.7 Å². The molecule has 1 rings (SSSR count). The van der Waals surface area contributed by atoms with Gasteiger partial charge in [-0.3, -0.25) is 9.59 Å². The minimum atomic E-state index is -0.625. The van der Waals surface area contributed by atoms with Crippen LogP contribution < -0.4 is 10.6 Å². The molecule has 5 nitrogen and oxygen atoms in total. The molecular formula is C17H26N2O3. The molecule has 0 aliphatic rings. The van der Waals surface area contributed by atoms with Crippen LogP contribution in [0.15, 0.2) is 24.3 Å². The number of amides is 2. The van der Waals surface area contributed by atoms with Crippen molar-refractivity contribution >= 4 is 17.5 Å². The minimum Gasteiger partial charge on any atom is -0.392 e. The monoisotopic (exact) mass is 306 g/mol. The first-order valence-corrected chi connectivity index (χ1v) is 7.76. The molecule has 0 saturated heterocycles. The first-order valence-electron chi connectivity index (χ1n) is 7.76. The Kier molecular flexibility index (Phi) is 7.60. The molecule has 0 bridgehead atoms. The van der Waals surface area contributed by atoms with Crippen LogP contribution in [0.4, 0.5) is 5.69 Å². The average molecular weight is 306 g/mol. The molecule has 0 aliphatic heterocycles. The Balaban J connectivity index is 2.49. The maximum Gasteiger partial charge on any atom is 0.224 e. The predicted octanol–water partition coefficient (Wildman–Crippen LogP) is 2.45. The average Bonchev–Trinajstić information content (AvgIpc) is 2.45. The van der Waals surface area contributed by atoms with Crippen LogP contribution in [0.5, 0.6) is 0 Å². The van der Waals surface area contributed by atoms with Crippen LogP contribution >= 0.6 is 0 Å². The smallest absolute Gasteiger partial charge is 0.224 e. The first-order chi connectivity index (χ1) is 10.4. The van der Waals surface area contributed by atoms with Gasteiger partial charge < -0.3 is 15.7 Å². The van der Waals surface area contributed by atoms with Crippen molar-refractivity contribution in [2.45, 2.75) is 52.7 Å². The molecule has 1 aromatic rings. The largest absolute Gasteiger partial charge is 0.392 e. The summed E-state index contributed by atoms with van der Waals surface area (Å²) in [7, 11) is 0. The molecule has 0 fully saturated rings. The second kappa shape index (κ2) is 9.20. The van der Waals surface area contributed by atoms with Crippen molar-refractivity contribution in [2.24, 2.45) is 5.92 Å². The van der Waals surface area contributed by atoms with Gasteiger partial charge in [-0.1, -0.05) is 32.9 Å². The molecule has 122 valence electrons. The molecule has 1 unspecified atom stereocenters. The van der Waals surface area contributed by atoms with Gasteiger partial charge in [-0.15, -0.1) is 0 Å². The Morgan fingerprint density at radius 3 is 2.59 bits per heavy atom. The summed E-state index contributed by atoms with van der Waals surface area (Å²) in [6.07, 6.45) is 0.776. The van der Waals surface area contributed by atoms with E-state index >= 15 is 0 Å². The number of carbonyl (C=O) groups excluding carboxylic acids is 2. The summed E-state index contributed by atoms with van der Waals surface area (Å²) in [6, 6.07) is 7.38. The molecule has 2 amide bonds. The van der Waals surface area contributed by atoms with Crippen LogP contribution in [-0.2, 0) is 16.1 Å². The Morgan fingerprint density at radius 2 is 1.95 bits per heavy atom. The Hall–Kier alpha value is -1.88. The Morgan fingerprint density at radius 1 is 1.23 bits per heavy atom. The SMILES string of the molecule is CCCC(=O)Nc1cccc(CNC(=O)CC(O)C(C)C)c1. The van der Waals surface area contributed by atoms with E-state index in [2.05, 4.69) is 10.6 Å². The number of anilines is 1. The molecule has 0 aliphatic carbocycles. The van der Waals surface area contributed by atoms with Gasteiger partial charge in [-0.2, -0.15) is 0 Å². The van der Waals surface area contributed by atoms with Crippen LogP contribution in [-0.4, -0.2) is 23.0 Å². The molecule has 1 atom stereocenters. The highest BCUT2D eigenvalue weighted by Gasteiger charge is 2.13. The summed E-state index contributed by atoms with van der Waals surface area (Å²) in [5, 5.41) is 15.3. The zero-order valence-corrected chi connectivity index (χ0v) is 13.6. The highest BCUT2D eigenvalue weighted by Crippen LogP contribution is 2.11. The lowest BCUT2D eigenvalue weighted by molar-refractivity contribution is -0.123. The van der Waals surface area contributed by atoms with Gasteiger partial charge in [0.1, 0.15) is 0 Å².